The van der Waals surface area contributed by atoms with Crippen LogP contribution >= 0.6 is 11.8 Å². The molecule has 2 N–H and O–H groups in total. The van der Waals surface area contributed by atoms with Crippen LogP contribution in [0.1, 0.15) is 52.3 Å². The maximum absolute atomic E-state index is 5.97. The molecule has 2 atom stereocenters. The first-order valence-corrected chi connectivity index (χ1v) is 7.16. The number of aromatic nitrogens is 2. The van der Waals surface area contributed by atoms with Crippen molar-refractivity contribution in [1.82, 2.24) is 10.1 Å². The summed E-state index contributed by atoms with van der Waals surface area (Å²) in [6.45, 7) is 10.5. The lowest BCUT2D eigenvalue weighted by Gasteiger charge is -2.20. The fourth-order valence-electron chi connectivity index (χ4n) is 1.82. The van der Waals surface area contributed by atoms with Gasteiger partial charge in [0.1, 0.15) is 0 Å². The van der Waals surface area contributed by atoms with Crippen LogP contribution in [0.25, 0.3) is 0 Å². The average molecular weight is 257 g/mol. The van der Waals surface area contributed by atoms with Gasteiger partial charge in [0.05, 0.1) is 11.7 Å². The Labute approximate surface area is 108 Å². The lowest BCUT2D eigenvalue weighted by molar-refractivity contribution is 0.299. The third-order valence-corrected chi connectivity index (χ3v) is 3.69. The first-order chi connectivity index (χ1) is 7.91. The van der Waals surface area contributed by atoms with Gasteiger partial charge in [-0.05, 0) is 18.1 Å². The van der Waals surface area contributed by atoms with E-state index in [1.807, 2.05) is 18.7 Å². The second-order valence-corrected chi connectivity index (χ2v) is 6.60. The molecule has 4 nitrogen and oxygen atoms in total. The van der Waals surface area contributed by atoms with E-state index in [0.717, 1.165) is 11.6 Å². The van der Waals surface area contributed by atoms with E-state index in [2.05, 4.69) is 37.8 Å². The Morgan fingerprint density at radius 3 is 2.35 bits per heavy atom. The normalized spacial score (nSPS) is 15.5. The van der Waals surface area contributed by atoms with Gasteiger partial charge in [0, 0.05) is 6.04 Å². The molecule has 0 saturated carbocycles. The van der Waals surface area contributed by atoms with Gasteiger partial charge in [-0.3, -0.25) is 0 Å². The van der Waals surface area contributed by atoms with Crippen molar-refractivity contribution in [3.8, 4) is 0 Å². The number of thioether (sulfide) groups is 1. The standard InChI is InChI=1S/C12H23N3OS/c1-7(2)11(9(5)13)12-14-10(15-16-12)6-17-8(3)4/h7-9,11H,6,13H2,1-5H3. The fraction of sp³-hybridized carbons (Fsp3) is 0.833. The molecule has 5 heteroatoms. The topological polar surface area (TPSA) is 64.9 Å². The molecule has 0 radical (unpaired) electrons. The molecule has 0 bridgehead atoms. The van der Waals surface area contributed by atoms with Crippen molar-refractivity contribution in [2.45, 2.75) is 57.6 Å². The molecule has 0 saturated heterocycles. The molecule has 0 amide bonds. The van der Waals surface area contributed by atoms with E-state index < -0.39 is 0 Å². The molecule has 17 heavy (non-hydrogen) atoms. The summed E-state index contributed by atoms with van der Waals surface area (Å²) in [7, 11) is 0. The molecule has 1 aromatic rings. The van der Waals surface area contributed by atoms with Crippen LogP contribution < -0.4 is 5.73 Å². The van der Waals surface area contributed by atoms with E-state index in [9.17, 15) is 0 Å². The van der Waals surface area contributed by atoms with E-state index in [1.165, 1.54) is 0 Å². The van der Waals surface area contributed by atoms with Crippen LogP contribution in [0.3, 0.4) is 0 Å². The minimum absolute atomic E-state index is 0.0288. The van der Waals surface area contributed by atoms with Crippen molar-refractivity contribution in [1.29, 1.82) is 0 Å². The van der Waals surface area contributed by atoms with Gasteiger partial charge < -0.3 is 10.3 Å². The summed E-state index contributed by atoms with van der Waals surface area (Å²) in [6.07, 6.45) is 0. The third-order valence-electron chi connectivity index (χ3n) is 2.60. The van der Waals surface area contributed by atoms with Crippen molar-refractivity contribution in [2.24, 2.45) is 11.7 Å². The summed E-state index contributed by atoms with van der Waals surface area (Å²) in [5.74, 6) is 2.78. The minimum atomic E-state index is 0.0288. The van der Waals surface area contributed by atoms with Gasteiger partial charge in [-0.2, -0.15) is 16.7 Å². The molecule has 0 fully saturated rings. The van der Waals surface area contributed by atoms with Gasteiger partial charge in [-0.15, -0.1) is 0 Å². The van der Waals surface area contributed by atoms with E-state index in [-0.39, 0.29) is 12.0 Å². The summed E-state index contributed by atoms with van der Waals surface area (Å²) in [6, 6.07) is 0.0288. The zero-order valence-corrected chi connectivity index (χ0v) is 12.1. The van der Waals surface area contributed by atoms with Crippen molar-refractivity contribution in [2.75, 3.05) is 0 Å². The van der Waals surface area contributed by atoms with E-state index in [1.54, 1.807) is 0 Å². The van der Waals surface area contributed by atoms with Gasteiger partial charge >= 0.3 is 0 Å². The Balaban J connectivity index is 2.71. The highest BCUT2D eigenvalue weighted by molar-refractivity contribution is 7.99. The predicted molar refractivity (Wildman–Crippen MR) is 72.0 cm³/mol. The quantitative estimate of drug-likeness (QED) is 0.849. The lowest BCUT2D eigenvalue weighted by Crippen LogP contribution is -2.28. The Morgan fingerprint density at radius 1 is 1.24 bits per heavy atom. The summed E-state index contributed by atoms with van der Waals surface area (Å²) in [5.41, 5.74) is 5.97. The van der Waals surface area contributed by atoms with Crippen LogP contribution in [0, 0.1) is 5.92 Å². The number of nitrogens with zero attached hydrogens (tertiary/aromatic N) is 2. The minimum Gasteiger partial charge on any atom is -0.339 e. The fourth-order valence-corrected chi connectivity index (χ4v) is 2.42. The summed E-state index contributed by atoms with van der Waals surface area (Å²) < 4.78 is 5.33. The molecular formula is C12H23N3OS. The molecule has 98 valence electrons. The Hall–Kier alpha value is -0.550. The summed E-state index contributed by atoms with van der Waals surface area (Å²) in [4.78, 5) is 4.45. The van der Waals surface area contributed by atoms with Crippen LogP contribution in [0.5, 0.6) is 0 Å². The zero-order chi connectivity index (χ0) is 13.0. The first kappa shape index (κ1) is 14.5. The van der Waals surface area contributed by atoms with E-state index in [0.29, 0.717) is 17.1 Å². The molecular weight excluding hydrogens is 234 g/mol. The molecule has 0 aliphatic rings. The average Bonchev–Trinajstić information content (AvgIpc) is 2.62. The molecule has 1 aromatic heterocycles. The SMILES string of the molecule is CC(C)SCc1noc(C(C(C)C)C(C)N)n1. The largest absolute Gasteiger partial charge is 0.339 e. The van der Waals surface area contributed by atoms with Crippen LogP contribution in [0.15, 0.2) is 4.52 Å². The zero-order valence-electron chi connectivity index (χ0n) is 11.3. The molecule has 1 rings (SSSR count). The predicted octanol–water partition coefficient (Wildman–Crippen LogP) is 2.80. The molecule has 1 heterocycles. The second-order valence-electron chi connectivity index (χ2n) is 5.04. The number of rotatable bonds is 6. The number of hydrogen-bond donors (Lipinski definition) is 1. The highest BCUT2D eigenvalue weighted by Crippen LogP contribution is 2.26. The molecule has 0 aromatic carbocycles. The van der Waals surface area contributed by atoms with Crippen LogP contribution in [-0.4, -0.2) is 21.4 Å². The Morgan fingerprint density at radius 2 is 1.88 bits per heavy atom. The monoisotopic (exact) mass is 257 g/mol. The van der Waals surface area contributed by atoms with Crippen molar-refractivity contribution >= 4 is 11.8 Å². The van der Waals surface area contributed by atoms with Gasteiger partial charge in [0.15, 0.2) is 5.82 Å². The summed E-state index contributed by atoms with van der Waals surface area (Å²) in [5, 5.41) is 4.59. The van der Waals surface area contributed by atoms with Crippen molar-refractivity contribution in [3.05, 3.63) is 11.7 Å². The van der Waals surface area contributed by atoms with Crippen LogP contribution in [0.2, 0.25) is 0 Å². The van der Waals surface area contributed by atoms with Gasteiger partial charge in [0.25, 0.3) is 0 Å². The molecule has 2 unspecified atom stereocenters. The van der Waals surface area contributed by atoms with E-state index >= 15 is 0 Å². The van der Waals surface area contributed by atoms with Gasteiger partial charge in [-0.25, -0.2) is 0 Å². The number of hydrogen-bond acceptors (Lipinski definition) is 5. The lowest BCUT2D eigenvalue weighted by atomic mass is 9.90. The van der Waals surface area contributed by atoms with Crippen molar-refractivity contribution < 1.29 is 4.52 Å². The van der Waals surface area contributed by atoms with Crippen LogP contribution in [0.4, 0.5) is 0 Å². The number of nitrogens with two attached hydrogens (primary N) is 1. The van der Waals surface area contributed by atoms with Gasteiger partial charge in [0.2, 0.25) is 5.89 Å². The summed E-state index contributed by atoms with van der Waals surface area (Å²) >= 11 is 1.81. The Kier molecular flexibility index (Phi) is 5.46. The molecule has 0 aliphatic carbocycles. The maximum atomic E-state index is 5.97. The van der Waals surface area contributed by atoms with E-state index in [4.69, 9.17) is 10.3 Å². The van der Waals surface area contributed by atoms with Crippen LogP contribution in [-0.2, 0) is 5.75 Å². The molecule has 0 aliphatic heterocycles. The maximum Gasteiger partial charge on any atom is 0.231 e. The Bertz CT molecular complexity index is 328. The third kappa shape index (κ3) is 4.32. The smallest absolute Gasteiger partial charge is 0.231 e. The highest BCUT2D eigenvalue weighted by Gasteiger charge is 2.26. The molecule has 0 spiro atoms. The van der Waals surface area contributed by atoms with Crippen molar-refractivity contribution in [3.63, 3.8) is 0 Å². The first-order valence-electron chi connectivity index (χ1n) is 6.11. The second kappa shape index (κ2) is 6.40. The highest BCUT2D eigenvalue weighted by atomic mass is 32.2. The van der Waals surface area contributed by atoms with Gasteiger partial charge in [-0.1, -0.05) is 32.9 Å².